The molecule has 200 valence electrons. The van der Waals surface area contributed by atoms with Gasteiger partial charge in [-0.3, -0.25) is 9.69 Å². The quantitative estimate of drug-likeness (QED) is 0.242. The molecular weight excluding hydrogens is 498 g/mol. The molecule has 1 N–H and O–H groups in total. The maximum Gasteiger partial charge on any atom is 0.359 e. The molecule has 1 aromatic heterocycles. The van der Waals surface area contributed by atoms with Gasteiger partial charge in [0, 0.05) is 17.3 Å². The maximum atomic E-state index is 12.9. The average Bonchev–Trinajstić information content (AvgIpc) is 3.60. The number of hydrazine groups is 1. The summed E-state index contributed by atoms with van der Waals surface area (Å²) in [6, 6.07) is 33.8. The highest BCUT2D eigenvalue weighted by Gasteiger charge is 2.47. The zero-order valence-electron chi connectivity index (χ0n) is 22.5. The van der Waals surface area contributed by atoms with Crippen molar-refractivity contribution in [3.8, 4) is 6.07 Å². The normalized spacial score (nSPS) is 16.1. The van der Waals surface area contributed by atoms with Crippen molar-refractivity contribution in [3.05, 3.63) is 131 Å². The van der Waals surface area contributed by atoms with E-state index in [1.165, 1.54) is 0 Å². The molecule has 0 bridgehead atoms. The van der Waals surface area contributed by atoms with Crippen molar-refractivity contribution >= 4 is 11.5 Å². The summed E-state index contributed by atoms with van der Waals surface area (Å²) in [7, 11) is 0. The van der Waals surface area contributed by atoms with Crippen LogP contribution in [-0.2, 0) is 23.2 Å². The summed E-state index contributed by atoms with van der Waals surface area (Å²) in [5.74, 6) is -0.413. The fourth-order valence-corrected chi connectivity index (χ4v) is 6.13. The molecule has 1 aliphatic heterocycles. The second kappa shape index (κ2) is 10.8. The Hall–Kier alpha value is -4.67. The van der Waals surface area contributed by atoms with E-state index in [0.29, 0.717) is 25.1 Å². The minimum atomic E-state index is -0.671. The summed E-state index contributed by atoms with van der Waals surface area (Å²) >= 11 is 0. The van der Waals surface area contributed by atoms with Crippen LogP contribution in [0.2, 0.25) is 0 Å². The van der Waals surface area contributed by atoms with Crippen LogP contribution in [0, 0.1) is 11.3 Å². The smallest absolute Gasteiger partial charge is 0.359 e. The number of nitriles is 1. The van der Waals surface area contributed by atoms with Gasteiger partial charge < -0.3 is 4.74 Å². The number of nitrogens with one attached hydrogen (secondary N) is 1. The monoisotopic (exact) mass is 529 g/mol. The highest BCUT2D eigenvalue weighted by molar-refractivity contribution is 5.91. The number of fused-ring (bicyclic) bond motifs is 3. The largest absolute Gasteiger partial charge is 0.461 e. The van der Waals surface area contributed by atoms with Gasteiger partial charge in [-0.15, -0.1) is 0 Å². The van der Waals surface area contributed by atoms with Gasteiger partial charge >= 0.3 is 5.97 Å². The summed E-state index contributed by atoms with van der Waals surface area (Å²) in [6.45, 7) is 2.49. The molecule has 0 saturated heterocycles. The van der Waals surface area contributed by atoms with Gasteiger partial charge in [0.2, 0.25) is 0 Å². The lowest BCUT2D eigenvalue weighted by Gasteiger charge is -2.44. The number of carbonyl (C=O) groups is 1. The van der Waals surface area contributed by atoms with Crippen LogP contribution in [0.5, 0.6) is 0 Å². The van der Waals surface area contributed by atoms with Gasteiger partial charge in [0.15, 0.2) is 5.69 Å². The molecule has 4 aromatic rings. The lowest BCUT2D eigenvalue weighted by atomic mass is 9.76. The predicted octanol–water partition coefficient (Wildman–Crippen LogP) is 5.44. The van der Waals surface area contributed by atoms with Gasteiger partial charge in [0.05, 0.1) is 37.4 Å². The van der Waals surface area contributed by atoms with Crippen LogP contribution in [0.1, 0.15) is 58.2 Å². The van der Waals surface area contributed by atoms with Crippen LogP contribution in [0.15, 0.2) is 97.2 Å². The number of hydrogen-bond acceptors (Lipinski definition) is 6. The third-order valence-corrected chi connectivity index (χ3v) is 7.79. The zero-order chi connectivity index (χ0) is 27.5. The number of esters is 1. The summed E-state index contributed by atoms with van der Waals surface area (Å²) < 4.78 is 7.17. The Bertz CT molecular complexity index is 1480. The van der Waals surface area contributed by atoms with Crippen LogP contribution >= 0.6 is 0 Å². The third kappa shape index (κ3) is 4.18. The van der Waals surface area contributed by atoms with E-state index in [2.05, 4.69) is 101 Å². The van der Waals surface area contributed by atoms with Crippen molar-refractivity contribution in [1.29, 1.82) is 5.26 Å². The molecule has 0 radical (unpaired) electrons. The number of ether oxygens (including phenoxy) is 1. The van der Waals surface area contributed by atoms with E-state index >= 15 is 0 Å². The van der Waals surface area contributed by atoms with Crippen LogP contribution in [-0.4, -0.2) is 33.4 Å². The Balaban J connectivity index is 1.57. The summed E-state index contributed by atoms with van der Waals surface area (Å²) in [5.41, 5.74) is 9.77. The van der Waals surface area contributed by atoms with Gasteiger partial charge in [-0.1, -0.05) is 91.0 Å². The highest BCUT2D eigenvalue weighted by atomic mass is 16.5. The Labute approximate surface area is 234 Å². The Kier molecular flexibility index (Phi) is 6.93. The van der Waals surface area contributed by atoms with Crippen molar-refractivity contribution in [2.24, 2.45) is 0 Å². The Morgan fingerprint density at radius 1 is 1.00 bits per heavy atom. The van der Waals surface area contributed by atoms with Gasteiger partial charge in [-0.25, -0.2) is 10.2 Å². The van der Waals surface area contributed by atoms with Crippen LogP contribution in [0.25, 0.3) is 5.57 Å². The van der Waals surface area contributed by atoms with Crippen molar-refractivity contribution in [2.45, 2.75) is 44.3 Å². The first-order chi connectivity index (χ1) is 19.7. The first-order valence-corrected chi connectivity index (χ1v) is 13.8. The summed E-state index contributed by atoms with van der Waals surface area (Å²) in [4.78, 5) is 12.9. The van der Waals surface area contributed by atoms with E-state index in [0.717, 1.165) is 39.9 Å². The summed E-state index contributed by atoms with van der Waals surface area (Å²) in [5, 5.41) is 16.2. The van der Waals surface area contributed by atoms with Gasteiger partial charge in [0.1, 0.15) is 5.54 Å². The molecule has 7 nitrogen and oxygen atoms in total. The van der Waals surface area contributed by atoms with Gasteiger partial charge in [-0.2, -0.15) is 10.4 Å². The molecular formula is C33H31N5O2. The van der Waals surface area contributed by atoms with Gasteiger partial charge in [0.25, 0.3) is 0 Å². The lowest BCUT2D eigenvalue weighted by Crippen LogP contribution is -2.52. The second-order valence-electron chi connectivity index (χ2n) is 10.0. The molecule has 1 unspecified atom stereocenters. The van der Waals surface area contributed by atoms with E-state index in [-0.39, 0.29) is 12.6 Å². The number of aryl methyl sites for hydroxylation is 1. The predicted molar refractivity (Wildman–Crippen MR) is 153 cm³/mol. The molecule has 1 atom stereocenters. The second-order valence-corrected chi connectivity index (χ2v) is 10.0. The number of aromatic nitrogens is 2. The minimum Gasteiger partial charge on any atom is -0.461 e. The fourth-order valence-electron chi connectivity index (χ4n) is 6.13. The van der Waals surface area contributed by atoms with Crippen LogP contribution < -0.4 is 5.43 Å². The van der Waals surface area contributed by atoms with Crippen molar-refractivity contribution in [1.82, 2.24) is 20.2 Å². The molecule has 3 aromatic carbocycles. The molecule has 40 heavy (non-hydrogen) atoms. The molecule has 0 amide bonds. The molecule has 1 aliphatic carbocycles. The standard InChI is InChI=1S/C33H31N5O2/c1-2-40-32(39)30-27-19-20-29-28(31(27)37(36-30)22-12-21-34)23-38(35-29)33(24-13-6-3-7-14-24,25-15-8-4-9-16-25)26-17-10-5-11-18-26/h3-11,13-18,23,29,35H,2,12,19-20,22H2,1H3. The van der Waals surface area contributed by atoms with Crippen molar-refractivity contribution in [3.63, 3.8) is 0 Å². The van der Waals surface area contributed by atoms with Crippen molar-refractivity contribution in [2.75, 3.05) is 6.61 Å². The molecule has 7 heteroatoms. The fraction of sp³-hybridized carbons (Fsp3) is 0.242. The number of rotatable bonds is 8. The molecule has 0 spiro atoms. The molecule has 0 saturated carbocycles. The zero-order valence-corrected chi connectivity index (χ0v) is 22.5. The highest BCUT2D eigenvalue weighted by Crippen LogP contribution is 2.46. The number of nitrogens with zero attached hydrogens (tertiary/aromatic N) is 4. The van der Waals surface area contributed by atoms with Crippen molar-refractivity contribution < 1.29 is 9.53 Å². The number of benzene rings is 3. The van der Waals surface area contributed by atoms with Gasteiger partial charge in [-0.05, 0) is 36.5 Å². The van der Waals surface area contributed by atoms with Crippen LogP contribution in [0.4, 0.5) is 0 Å². The van der Waals surface area contributed by atoms with E-state index in [1.807, 2.05) is 22.9 Å². The first kappa shape index (κ1) is 25.6. The number of hydrogen-bond donors (Lipinski definition) is 1. The maximum absolute atomic E-state index is 12.9. The molecule has 6 rings (SSSR count). The van der Waals surface area contributed by atoms with E-state index in [4.69, 9.17) is 4.74 Å². The molecule has 0 fully saturated rings. The Morgan fingerprint density at radius 3 is 2.10 bits per heavy atom. The average molecular weight is 530 g/mol. The number of carbonyl (C=O) groups excluding carboxylic acids is 1. The van der Waals surface area contributed by atoms with E-state index in [1.54, 1.807) is 6.92 Å². The topological polar surface area (TPSA) is 83.2 Å². The van der Waals surface area contributed by atoms with E-state index < -0.39 is 11.5 Å². The minimum absolute atomic E-state index is 0.0237. The first-order valence-electron chi connectivity index (χ1n) is 13.8. The Morgan fingerprint density at radius 2 is 1.57 bits per heavy atom. The SMILES string of the molecule is CCOC(=O)c1nn(CCC#N)c2c1CCC1NN(C(c3ccccc3)(c3ccccc3)c3ccccc3)C=C21. The lowest BCUT2D eigenvalue weighted by molar-refractivity contribution is 0.0517. The molecule has 2 aliphatic rings. The van der Waals surface area contributed by atoms with E-state index in [9.17, 15) is 10.1 Å². The van der Waals surface area contributed by atoms with Crippen LogP contribution in [0.3, 0.4) is 0 Å². The summed E-state index contributed by atoms with van der Waals surface area (Å²) in [6.07, 6.45) is 3.97. The molecule has 2 heterocycles. The third-order valence-electron chi connectivity index (χ3n) is 7.79.